The molecule has 0 saturated heterocycles. The van der Waals surface area contributed by atoms with Crippen LogP contribution in [0.3, 0.4) is 0 Å². The summed E-state index contributed by atoms with van der Waals surface area (Å²) >= 11 is 6.01. The number of anilines is 2. The fourth-order valence-corrected chi connectivity index (χ4v) is 1.78. The second kappa shape index (κ2) is 4.89. The molecule has 0 heterocycles. The van der Waals surface area contributed by atoms with E-state index in [0.29, 0.717) is 16.4 Å². The molecule has 0 radical (unpaired) electrons. The SMILES string of the molecule is O=C(O)N(c1ccccc1)c1ccccc1Cl. The Hall–Kier alpha value is -2.00. The number of hydrogen-bond acceptors (Lipinski definition) is 1. The summed E-state index contributed by atoms with van der Waals surface area (Å²) < 4.78 is 0. The third kappa shape index (κ3) is 2.40. The first-order valence-corrected chi connectivity index (χ1v) is 5.40. The topological polar surface area (TPSA) is 40.5 Å². The van der Waals surface area contributed by atoms with Crippen molar-refractivity contribution in [1.29, 1.82) is 0 Å². The number of benzene rings is 2. The monoisotopic (exact) mass is 247 g/mol. The summed E-state index contributed by atoms with van der Waals surface area (Å²) in [5.74, 6) is 0. The molecule has 0 bridgehead atoms. The molecule has 2 aromatic carbocycles. The predicted molar refractivity (Wildman–Crippen MR) is 68.1 cm³/mol. The smallest absolute Gasteiger partial charge is 0.416 e. The molecule has 2 aromatic rings. The summed E-state index contributed by atoms with van der Waals surface area (Å²) in [6.07, 6.45) is -1.07. The van der Waals surface area contributed by atoms with Gasteiger partial charge < -0.3 is 5.11 Å². The maximum absolute atomic E-state index is 11.3. The third-order valence-electron chi connectivity index (χ3n) is 2.30. The summed E-state index contributed by atoms with van der Waals surface area (Å²) in [6.45, 7) is 0. The fourth-order valence-electron chi connectivity index (χ4n) is 1.56. The summed E-state index contributed by atoms with van der Waals surface area (Å²) in [5.41, 5.74) is 1.01. The van der Waals surface area contributed by atoms with E-state index >= 15 is 0 Å². The molecule has 86 valence electrons. The average Bonchev–Trinajstić information content (AvgIpc) is 2.33. The zero-order valence-electron chi connectivity index (χ0n) is 8.88. The molecule has 0 aliphatic carbocycles. The maximum Gasteiger partial charge on any atom is 0.416 e. The molecule has 17 heavy (non-hydrogen) atoms. The Bertz CT molecular complexity index is 528. The standard InChI is InChI=1S/C13H10ClNO2/c14-11-8-4-5-9-12(11)15(13(16)17)10-6-2-1-3-7-10/h1-9H,(H,16,17). The molecule has 0 atom stereocenters. The molecule has 3 nitrogen and oxygen atoms in total. The highest BCUT2D eigenvalue weighted by molar-refractivity contribution is 6.34. The van der Waals surface area contributed by atoms with Crippen molar-refractivity contribution in [3.63, 3.8) is 0 Å². The van der Waals surface area contributed by atoms with Gasteiger partial charge in [0.25, 0.3) is 0 Å². The van der Waals surface area contributed by atoms with Gasteiger partial charge in [-0.05, 0) is 24.3 Å². The second-order valence-electron chi connectivity index (χ2n) is 3.40. The van der Waals surface area contributed by atoms with Crippen LogP contribution in [-0.4, -0.2) is 11.2 Å². The van der Waals surface area contributed by atoms with Crippen molar-refractivity contribution in [2.75, 3.05) is 4.90 Å². The van der Waals surface area contributed by atoms with Crippen molar-refractivity contribution in [2.45, 2.75) is 0 Å². The Balaban J connectivity index is 2.51. The number of nitrogens with zero attached hydrogens (tertiary/aromatic N) is 1. The maximum atomic E-state index is 11.3. The number of carbonyl (C=O) groups is 1. The van der Waals surface area contributed by atoms with Crippen LogP contribution in [0.15, 0.2) is 54.6 Å². The molecular weight excluding hydrogens is 238 g/mol. The van der Waals surface area contributed by atoms with Gasteiger partial charge in [0.2, 0.25) is 0 Å². The van der Waals surface area contributed by atoms with Gasteiger partial charge in [0.15, 0.2) is 0 Å². The van der Waals surface area contributed by atoms with E-state index in [1.54, 1.807) is 48.5 Å². The minimum absolute atomic E-state index is 0.402. The quantitative estimate of drug-likeness (QED) is 0.866. The summed E-state index contributed by atoms with van der Waals surface area (Å²) in [4.78, 5) is 12.5. The highest BCUT2D eigenvalue weighted by atomic mass is 35.5. The summed E-state index contributed by atoms with van der Waals surface area (Å²) in [7, 11) is 0. The number of carboxylic acid groups (broad SMARTS) is 1. The Kier molecular flexibility index (Phi) is 3.30. The van der Waals surface area contributed by atoms with E-state index in [-0.39, 0.29) is 0 Å². The highest BCUT2D eigenvalue weighted by Crippen LogP contribution is 2.31. The van der Waals surface area contributed by atoms with Gasteiger partial charge in [-0.2, -0.15) is 0 Å². The van der Waals surface area contributed by atoms with Crippen LogP contribution >= 0.6 is 11.6 Å². The van der Waals surface area contributed by atoms with Crippen molar-refractivity contribution in [1.82, 2.24) is 0 Å². The molecule has 0 fully saturated rings. The zero-order valence-corrected chi connectivity index (χ0v) is 9.63. The van der Waals surface area contributed by atoms with E-state index in [4.69, 9.17) is 11.6 Å². The number of para-hydroxylation sites is 2. The van der Waals surface area contributed by atoms with Crippen LogP contribution in [0.1, 0.15) is 0 Å². The van der Waals surface area contributed by atoms with Gasteiger partial charge in [-0.1, -0.05) is 41.9 Å². The lowest BCUT2D eigenvalue weighted by Crippen LogP contribution is -2.23. The number of rotatable bonds is 2. The third-order valence-corrected chi connectivity index (χ3v) is 2.62. The molecule has 4 heteroatoms. The molecule has 0 aliphatic rings. The van der Waals surface area contributed by atoms with Crippen LogP contribution in [0.2, 0.25) is 5.02 Å². The molecule has 0 spiro atoms. The van der Waals surface area contributed by atoms with Crippen molar-refractivity contribution in [3.05, 3.63) is 59.6 Å². The molecule has 1 amide bonds. The first-order chi connectivity index (χ1) is 8.20. The fraction of sp³-hybridized carbons (Fsp3) is 0. The molecule has 0 aliphatic heterocycles. The Labute approximate surface area is 104 Å². The molecule has 1 N–H and O–H groups in total. The van der Waals surface area contributed by atoms with Crippen LogP contribution in [0, 0.1) is 0 Å². The van der Waals surface area contributed by atoms with E-state index in [0.717, 1.165) is 4.90 Å². The normalized spacial score (nSPS) is 9.94. The Morgan fingerprint density at radius 2 is 1.59 bits per heavy atom. The minimum Gasteiger partial charge on any atom is -0.464 e. The lowest BCUT2D eigenvalue weighted by Gasteiger charge is -2.20. The largest absolute Gasteiger partial charge is 0.464 e. The minimum atomic E-state index is -1.07. The van der Waals surface area contributed by atoms with Gasteiger partial charge in [-0.25, -0.2) is 9.69 Å². The van der Waals surface area contributed by atoms with E-state index in [2.05, 4.69) is 0 Å². The number of halogens is 1. The summed E-state index contributed by atoms with van der Waals surface area (Å²) in [6, 6.07) is 15.7. The van der Waals surface area contributed by atoms with E-state index < -0.39 is 6.09 Å². The highest BCUT2D eigenvalue weighted by Gasteiger charge is 2.18. The van der Waals surface area contributed by atoms with Crippen LogP contribution < -0.4 is 4.90 Å². The van der Waals surface area contributed by atoms with Crippen molar-refractivity contribution in [3.8, 4) is 0 Å². The zero-order chi connectivity index (χ0) is 12.3. The van der Waals surface area contributed by atoms with E-state index in [1.165, 1.54) is 0 Å². The molecule has 0 saturated carbocycles. The second-order valence-corrected chi connectivity index (χ2v) is 3.81. The molecule has 0 aromatic heterocycles. The van der Waals surface area contributed by atoms with Gasteiger partial charge in [0, 0.05) is 0 Å². The number of hydrogen-bond donors (Lipinski definition) is 1. The first kappa shape index (κ1) is 11.5. The number of amides is 1. The van der Waals surface area contributed by atoms with Crippen LogP contribution in [-0.2, 0) is 0 Å². The van der Waals surface area contributed by atoms with Crippen LogP contribution in [0.5, 0.6) is 0 Å². The van der Waals surface area contributed by atoms with Gasteiger partial charge in [-0.15, -0.1) is 0 Å². The lowest BCUT2D eigenvalue weighted by atomic mass is 10.2. The first-order valence-electron chi connectivity index (χ1n) is 5.03. The van der Waals surface area contributed by atoms with Crippen molar-refractivity contribution < 1.29 is 9.90 Å². The molecule has 2 rings (SSSR count). The lowest BCUT2D eigenvalue weighted by molar-refractivity contribution is 0.205. The predicted octanol–water partition coefficient (Wildman–Crippen LogP) is 4.16. The van der Waals surface area contributed by atoms with Crippen molar-refractivity contribution in [2.24, 2.45) is 0 Å². The van der Waals surface area contributed by atoms with Crippen LogP contribution in [0.4, 0.5) is 16.2 Å². The van der Waals surface area contributed by atoms with Gasteiger partial charge >= 0.3 is 6.09 Å². The van der Waals surface area contributed by atoms with Gasteiger partial charge in [0.05, 0.1) is 16.4 Å². The average molecular weight is 248 g/mol. The van der Waals surface area contributed by atoms with Gasteiger partial charge in [0.1, 0.15) is 0 Å². The Morgan fingerprint density at radius 3 is 2.18 bits per heavy atom. The van der Waals surface area contributed by atoms with Crippen molar-refractivity contribution >= 4 is 29.1 Å². The van der Waals surface area contributed by atoms with E-state index in [9.17, 15) is 9.90 Å². The molecular formula is C13H10ClNO2. The van der Waals surface area contributed by atoms with Gasteiger partial charge in [-0.3, -0.25) is 0 Å². The van der Waals surface area contributed by atoms with E-state index in [1.807, 2.05) is 6.07 Å². The summed E-state index contributed by atoms with van der Waals surface area (Å²) in [5, 5.41) is 9.67. The van der Waals surface area contributed by atoms with Crippen LogP contribution in [0.25, 0.3) is 0 Å². The Morgan fingerprint density at radius 1 is 1.00 bits per heavy atom. The molecule has 0 unspecified atom stereocenters.